The second-order valence-electron chi connectivity index (χ2n) is 6.53. The fourth-order valence-electron chi connectivity index (χ4n) is 2.85. The number of fused-ring (bicyclic) bond motifs is 1. The van der Waals surface area contributed by atoms with E-state index >= 15 is 0 Å². The molecule has 0 bridgehead atoms. The van der Waals surface area contributed by atoms with Crippen molar-refractivity contribution in [3.8, 4) is 17.2 Å². The number of thiophene rings is 1. The van der Waals surface area contributed by atoms with Crippen molar-refractivity contribution in [2.24, 2.45) is 0 Å². The van der Waals surface area contributed by atoms with E-state index in [1.165, 1.54) is 24.3 Å². The van der Waals surface area contributed by atoms with E-state index in [2.05, 4.69) is 0 Å². The predicted molar refractivity (Wildman–Crippen MR) is 108 cm³/mol. The van der Waals surface area contributed by atoms with Crippen molar-refractivity contribution in [3.63, 3.8) is 0 Å². The van der Waals surface area contributed by atoms with Crippen LogP contribution in [0.25, 0.3) is 11.0 Å². The number of halogens is 3. The maximum atomic E-state index is 13.6. The normalized spacial score (nSPS) is 11.5. The summed E-state index contributed by atoms with van der Waals surface area (Å²) in [6, 6.07) is 13.1. The Kier molecular flexibility index (Phi) is 5.28. The minimum absolute atomic E-state index is 0.0606. The molecule has 0 saturated carbocycles. The first-order valence-electron chi connectivity index (χ1n) is 8.90. The first kappa shape index (κ1) is 20.7. The van der Waals surface area contributed by atoms with Crippen LogP contribution in [0.5, 0.6) is 17.2 Å². The van der Waals surface area contributed by atoms with Gasteiger partial charge in [0.1, 0.15) is 22.0 Å². The Balaban J connectivity index is 1.79. The Labute approximate surface area is 177 Å². The molecule has 0 radical (unpaired) electrons. The lowest BCUT2D eigenvalue weighted by molar-refractivity contribution is -0.154. The Morgan fingerprint density at radius 3 is 2.52 bits per heavy atom. The maximum Gasteiger partial charge on any atom is 0.453 e. The molecule has 0 N–H and O–H groups in total. The van der Waals surface area contributed by atoms with E-state index in [0.29, 0.717) is 4.88 Å². The lowest BCUT2D eigenvalue weighted by Gasteiger charge is -2.14. The molecule has 4 aromatic rings. The van der Waals surface area contributed by atoms with Gasteiger partial charge in [-0.25, -0.2) is 4.79 Å². The highest BCUT2D eigenvalue weighted by atomic mass is 32.1. The fraction of sp³-hybridized carbons (Fsp3) is 0.0909. The quantitative estimate of drug-likeness (QED) is 0.276. The van der Waals surface area contributed by atoms with Crippen LogP contribution in [0.3, 0.4) is 0 Å². The van der Waals surface area contributed by atoms with Crippen molar-refractivity contribution in [2.45, 2.75) is 13.1 Å². The Morgan fingerprint density at radius 1 is 1.03 bits per heavy atom. The summed E-state index contributed by atoms with van der Waals surface area (Å²) in [5.74, 6) is -3.21. The molecule has 2 heterocycles. The molecule has 0 amide bonds. The lowest BCUT2D eigenvalue weighted by Crippen LogP contribution is -2.15. The number of ether oxygens (including phenoxy) is 2. The number of hydrogen-bond acceptors (Lipinski definition) is 6. The molecule has 9 heteroatoms. The highest BCUT2D eigenvalue weighted by Gasteiger charge is 2.40. The number of carbonyl (C=O) groups excluding carboxylic acids is 1. The van der Waals surface area contributed by atoms with Gasteiger partial charge in [-0.1, -0.05) is 18.2 Å². The van der Waals surface area contributed by atoms with Crippen molar-refractivity contribution < 1.29 is 31.9 Å². The number of aryl methyl sites for hydroxylation is 1. The standard InChI is InChI=1S/C22H13F3O5S/c1-12-4-2-5-13(10-12)28-19-18(26)15-8-7-14(29-21(27)17-6-3-9-31-17)11-16(15)30-20(19)22(23,24)25/h2-11H,1H3. The highest BCUT2D eigenvalue weighted by Crippen LogP contribution is 2.38. The molecule has 2 aromatic carbocycles. The van der Waals surface area contributed by atoms with Crippen molar-refractivity contribution in [1.29, 1.82) is 0 Å². The van der Waals surface area contributed by atoms with Gasteiger partial charge in [-0.05, 0) is 48.2 Å². The van der Waals surface area contributed by atoms with Gasteiger partial charge in [0.05, 0.1) is 5.39 Å². The molecule has 0 atom stereocenters. The van der Waals surface area contributed by atoms with E-state index < -0.39 is 29.1 Å². The minimum Gasteiger partial charge on any atom is -0.449 e. The summed E-state index contributed by atoms with van der Waals surface area (Å²) >= 11 is 1.15. The first-order chi connectivity index (χ1) is 14.7. The van der Waals surface area contributed by atoms with Gasteiger partial charge in [-0.2, -0.15) is 13.2 Å². The van der Waals surface area contributed by atoms with E-state index in [1.54, 1.807) is 36.6 Å². The summed E-state index contributed by atoms with van der Waals surface area (Å²) in [6.07, 6.45) is -4.99. The molecule has 5 nitrogen and oxygen atoms in total. The van der Waals surface area contributed by atoms with Crippen molar-refractivity contribution in [3.05, 3.63) is 86.4 Å². The molecule has 0 unspecified atom stereocenters. The Morgan fingerprint density at radius 2 is 1.84 bits per heavy atom. The molecule has 31 heavy (non-hydrogen) atoms. The molecule has 0 aliphatic heterocycles. The van der Waals surface area contributed by atoms with Gasteiger partial charge in [0, 0.05) is 6.07 Å². The number of benzene rings is 2. The van der Waals surface area contributed by atoms with Gasteiger partial charge < -0.3 is 13.9 Å². The monoisotopic (exact) mass is 446 g/mol. The van der Waals surface area contributed by atoms with Crippen LogP contribution in [0.2, 0.25) is 0 Å². The van der Waals surface area contributed by atoms with Gasteiger partial charge in [0.2, 0.25) is 11.2 Å². The first-order valence-corrected chi connectivity index (χ1v) is 9.78. The molecule has 0 aliphatic rings. The van der Waals surface area contributed by atoms with E-state index in [-0.39, 0.29) is 22.5 Å². The van der Waals surface area contributed by atoms with Crippen LogP contribution >= 0.6 is 11.3 Å². The smallest absolute Gasteiger partial charge is 0.449 e. The van der Waals surface area contributed by atoms with Crippen LogP contribution in [0.4, 0.5) is 13.2 Å². The van der Waals surface area contributed by atoms with Crippen LogP contribution in [0.1, 0.15) is 21.0 Å². The van der Waals surface area contributed by atoms with E-state index in [9.17, 15) is 22.8 Å². The Hall–Kier alpha value is -3.59. The van der Waals surface area contributed by atoms with Crippen LogP contribution in [0.15, 0.2) is 69.2 Å². The van der Waals surface area contributed by atoms with Crippen molar-refractivity contribution >= 4 is 28.3 Å². The molecule has 0 saturated heterocycles. The van der Waals surface area contributed by atoms with Gasteiger partial charge >= 0.3 is 12.1 Å². The average molecular weight is 446 g/mol. The average Bonchev–Trinajstić information content (AvgIpc) is 3.24. The second-order valence-corrected chi connectivity index (χ2v) is 7.48. The molecule has 158 valence electrons. The largest absolute Gasteiger partial charge is 0.453 e. The molecule has 0 aliphatic carbocycles. The zero-order chi connectivity index (χ0) is 22.2. The van der Waals surface area contributed by atoms with Gasteiger partial charge in [0.15, 0.2) is 0 Å². The third kappa shape index (κ3) is 4.31. The van der Waals surface area contributed by atoms with Crippen LogP contribution in [-0.2, 0) is 6.18 Å². The molecular formula is C22H13F3O5S. The molecule has 2 aromatic heterocycles. The van der Waals surface area contributed by atoms with Gasteiger partial charge in [-0.15, -0.1) is 11.3 Å². The van der Waals surface area contributed by atoms with Crippen LogP contribution in [-0.4, -0.2) is 5.97 Å². The number of carbonyl (C=O) groups is 1. The van der Waals surface area contributed by atoms with Gasteiger partial charge in [0.25, 0.3) is 5.76 Å². The minimum atomic E-state index is -4.99. The maximum absolute atomic E-state index is 13.6. The molecule has 4 rings (SSSR count). The second kappa shape index (κ2) is 7.92. The predicted octanol–water partition coefficient (Wildman–Crippen LogP) is 6.19. The Bertz CT molecular complexity index is 1320. The van der Waals surface area contributed by atoms with Gasteiger partial charge in [-0.3, -0.25) is 4.79 Å². The summed E-state index contributed by atoms with van der Waals surface area (Å²) in [4.78, 5) is 25.2. The lowest BCUT2D eigenvalue weighted by atomic mass is 10.2. The summed E-state index contributed by atoms with van der Waals surface area (Å²) in [5.41, 5.74) is -0.634. The third-order valence-corrected chi connectivity index (χ3v) is 5.07. The SMILES string of the molecule is Cc1cccc(Oc2c(C(F)(F)F)oc3cc(OC(=O)c4cccs4)ccc3c2=O)c1. The van der Waals surface area contributed by atoms with Crippen molar-refractivity contribution in [2.75, 3.05) is 0 Å². The summed E-state index contributed by atoms with van der Waals surface area (Å²) in [5, 5.41) is 1.54. The number of rotatable bonds is 4. The zero-order valence-electron chi connectivity index (χ0n) is 15.9. The fourth-order valence-corrected chi connectivity index (χ4v) is 3.45. The number of alkyl halides is 3. The van der Waals surface area contributed by atoms with Crippen LogP contribution < -0.4 is 14.9 Å². The molecule has 0 spiro atoms. The molecular weight excluding hydrogens is 433 g/mol. The molecule has 0 fully saturated rings. The van der Waals surface area contributed by atoms with Crippen molar-refractivity contribution in [1.82, 2.24) is 0 Å². The van der Waals surface area contributed by atoms with Crippen LogP contribution in [0, 0.1) is 6.92 Å². The highest BCUT2D eigenvalue weighted by molar-refractivity contribution is 7.12. The number of hydrogen-bond donors (Lipinski definition) is 0. The van der Waals surface area contributed by atoms with E-state index in [0.717, 1.165) is 23.0 Å². The topological polar surface area (TPSA) is 65.7 Å². The number of esters is 1. The van der Waals surface area contributed by atoms with E-state index in [1.807, 2.05) is 0 Å². The van der Waals surface area contributed by atoms with E-state index in [4.69, 9.17) is 13.9 Å². The summed E-state index contributed by atoms with van der Waals surface area (Å²) < 4.78 is 56.4. The zero-order valence-corrected chi connectivity index (χ0v) is 16.7. The third-order valence-electron chi connectivity index (χ3n) is 4.22. The summed E-state index contributed by atoms with van der Waals surface area (Å²) in [6.45, 7) is 1.74. The summed E-state index contributed by atoms with van der Waals surface area (Å²) in [7, 11) is 0.